The Morgan fingerprint density at radius 3 is 0.750 bits per heavy atom. The Hall–Kier alpha value is -0.890. The number of benzene rings is 1. The highest BCUT2D eigenvalue weighted by molar-refractivity contribution is 4.99. The van der Waals surface area contributed by atoms with Crippen molar-refractivity contribution in [3.8, 4) is 0 Å². The Bertz CT molecular complexity index is 80.5. The summed E-state index contributed by atoms with van der Waals surface area (Å²) in [5, 5.41) is 0. The van der Waals surface area contributed by atoms with Crippen molar-refractivity contribution < 1.29 is 10.2 Å². The van der Waals surface area contributed by atoms with Crippen LogP contribution in [0.2, 0.25) is 0 Å². The Balaban J connectivity index is 0. The smallest absolute Gasteiger partial charge is 0.0623 e. The molecule has 0 bridgehead atoms. The monoisotopic (exact) mass is 116 g/mol. The SMILES string of the molecule is F.O.c1ccccc1. The van der Waals surface area contributed by atoms with E-state index < -0.39 is 0 Å². The van der Waals surface area contributed by atoms with Crippen LogP contribution < -0.4 is 0 Å². The topological polar surface area (TPSA) is 31.5 Å². The first-order chi connectivity index (χ1) is 3.00. The molecule has 2 N–H and O–H groups in total. The summed E-state index contributed by atoms with van der Waals surface area (Å²) >= 11 is 0. The van der Waals surface area contributed by atoms with E-state index in [4.69, 9.17) is 0 Å². The molecule has 0 radical (unpaired) electrons. The molecular formula is C6H9FO. The summed E-state index contributed by atoms with van der Waals surface area (Å²) in [7, 11) is 0. The van der Waals surface area contributed by atoms with Crippen LogP contribution in [0.1, 0.15) is 0 Å². The minimum Gasteiger partial charge on any atom is -0.412 e. The maximum atomic E-state index is 2.00. The first kappa shape index (κ1) is 10.2. The van der Waals surface area contributed by atoms with Crippen molar-refractivity contribution in [1.29, 1.82) is 0 Å². The van der Waals surface area contributed by atoms with Crippen LogP contribution in [0.3, 0.4) is 0 Å². The molecule has 0 aliphatic carbocycles. The number of rotatable bonds is 0. The van der Waals surface area contributed by atoms with Gasteiger partial charge < -0.3 is 5.48 Å². The molecule has 0 saturated heterocycles. The molecule has 0 fully saturated rings. The highest BCUT2D eigenvalue weighted by Crippen LogP contribution is 1.79. The van der Waals surface area contributed by atoms with Gasteiger partial charge in [0.25, 0.3) is 0 Å². The Morgan fingerprint density at radius 2 is 0.625 bits per heavy atom. The van der Waals surface area contributed by atoms with Crippen molar-refractivity contribution in [2.75, 3.05) is 0 Å². The minimum atomic E-state index is 0. The quantitative estimate of drug-likeness (QED) is 0.484. The van der Waals surface area contributed by atoms with Gasteiger partial charge in [-0.3, -0.25) is 4.70 Å². The fourth-order valence-electron chi connectivity index (χ4n) is 0.385. The van der Waals surface area contributed by atoms with Crippen LogP contribution in [0, 0.1) is 0 Å². The minimum absolute atomic E-state index is 0. The Kier molecular flexibility index (Phi) is 7.76. The van der Waals surface area contributed by atoms with Crippen molar-refractivity contribution in [3.63, 3.8) is 0 Å². The lowest BCUT2D eigenvalue weighted by Crippen LogP contribution is -1.47. The summed E-state index contributed by atoms with van der Waals surface area (Å²) in [6.07, 6.45) is 0. The van der Waals surface area contributed by atoms with Crippen molar-refractivity contribution in [2.45, 2.75) is 0 Å². The van der Waals surface area contributed by atoms with E-state index in [9.17, 15) is 0 Å². The van der Waals surface area contributed by atoms with Gasteiger partial charge in [0.2, 0.25) is 0 Å². The van der Waals surface area contributed by atoms with Crippen LogP contribution in [-0.4, -0.2) is 5.48 Å². The molecule has 0 aliphatic heterocycles. The Morgan fingerprint density at radius 1 is 0.500 bits per heavy atom. The highest BCUT2D eigenvalue weighted by atomic mass is 19.0. The predicted molar refractivity (Wildman–Crippen MR) is 32.6 cm³/mol. The van der Waals surface area contributed by atoms with E-state index in [1.807, 2.05) is 36.4 Å². The lowest BCUT2D eigenvalue weighted by atomic mass is 10.4. The Labute approximate surface area is 47.6 Å². The van der Waals surface area contributed by atoms with E-state index in [0.29, 0.717) is 0 Å². The third-order valence-electron chi connectivity index (χ3n) is 0.667. The van der Waals surface area contributed by atoms with Crippen molar-refractivity contribution in [3.05, 3.63) is 36.4 Å². The van der Waals surface area contributed by atoms with Gasteiger partial charge in [0.15, 0.2) is 0 Å². The van der Waals surface area contributed by atoms with Crippen LogP contribution in [-0.2, 0) is 0 Å². The molecule has 0 unspecified atom stereocenters. The maximum absolute atomic E-state index is 2.00. The van der Waals surface area contributed by atoms with Gasteiger partial charge in [-0.1, -0.05) is 36.4 Å². The normalized spacial score (nSPS) is 6.00. The van der Waals surface area contributed by atoms with E-state index in [-0.39, 0.29) is 10.2 Å². The molecule has 0 heterocycles. The first-order valence-corrected chi connectivity index (χ1v) is 2.00. The van der Waals surface area contributed by atoms with Gasteiger partial charge in [0.05, 0.1) is 0 Å². The zero-order valence-electron chi connectivity index (χ0n) is 4.37. The second-order valence-electron chi connectivity index (χ2n) is 1.15. The highest BCUT2D eigenvalue weighted by Gasteiger charge is 1.57. The molecule has 0 spiro atoms. The van der Waals surface area contributed by atoms with Gasteiger partial charge in [-0.2, -0.15) is 0 Å². The second-order valence-corrected chi connectivity index (χ2v) is 1.15. The summed E-state index contributed by atoms with van der Waals surface area (Å²) in [4.78, 5) is 0. The molecule has 1 nitrogen and oxygen atoms in total. The molecule has 0 atom stereocenters. The lowest BCUT2D eigenvalue weighted by Gasteiger charge is -1.69. The number of hydrogen-bond donors (Lipinski definition) is 0. The summed E-state index contributed by atoms with van der Waals surface area (Å²) in [5.74, 6) is 0. The molecule has 1 rings (SSSR count). The van der Waals surface area contributed by atoms with Crippen LogP contribution in [0.5, 0.6) is 0 Å². The van der Waals surface area contributed by atoms with Gasteiger partial charge in [0, 0.05) is 0 Å². The molecule has 0 aromatic heterocycles. The molecule has 0 saturated carbocycles. The average molecular weight is 116 g/mol. The zero-order chi connectivity index (χ0) is 4.24. The fourth-order valence-corrected chi connectivity index (χ4v) is 0.385. The second kappa shape index (κ2) is 6.11. The van der Waals surface area contributed by atoms with Gasteiger partial charge >= 0.3 is 0 Å². The first-order valence-electron chi connectivity index (χ1n) is 2.00. The lowest BCUT2D eigenvalue weighted by molar-refractivity contribution is 0.824. The maximum Gasteiger partial charge on any atom is -0.0623 e. The fraction of sp³-hybridized carbons (Fsp3) is 0. The molecule has 1 aromatic rings. The van der Waals surface area contributed by atoms with Crippen molar-refractivity contribution >= 4 is 0 Å². The van der Waals surface area contributed by atoms with Gasteiger partial charge in [-0.15, -0.1) is 0 Å². The zero-order valence-corrected chi connectivity index (χ0v) is 4.37. The van der Waals surface area contributed by atoms with Crippen molar-refractivity contribution in [1.82, 2.24) is 0 Å². The van der Waals surface area contributed by atoms with Crippen LogP contribution in [0.15, 0.2) is 36.4 Å². The predicted octanol–water partition coefficient (Wildman–Crippen LogP) is 1.01. The van der Waals surface area contributed by atoms with E-state index in [1.54, 1.807) is 0 Å². The number of hydrogen-bond acceptors (Lipinski definition) is 0. The third-order valence-corrected chi connectivity index (χ3v) is 0.667. The molecule has 0 amide bonds. The summed E-state index contributed by atoms with van der Waals surface area (Å²) in [5.41, 5.74) is 0. The summed E-state index contributed by atoms with van der Waals surface area (Å²) in [6, 6.07) is 12.0. The largest absolute Gasteiger partial charge is 0.412 e. The molecular weight excluding hydrogens is 107 g/mol. The van der Waals surface area contributed by atoms with Crippen LogP contribution in [0.25, 0.3) is 0 Å². The summed E-state index contributed by atoms with van der Waals surface area (Å²) in [6.45, 7) is 0. The van der Waals surface area contributed by atoms with Crippen LogP contribution in [0.4, 0.5) is 4.70 Å². The molecule has 46 valence electrons. The molecule has 2 heteroatoms. The summed E-state index contributed by atoms with van der Waals surface area (Å²) < 4.78 is 0. The van der Waals surface area contributed by atoms with Gasteiger partial charge in [0.1, 0.15) is 0 Å². The average Bonchev–Trinajstić information content (AvgIpc) is 1.72. The van der Waals surface area contributed by atoms with E-state index in [1.165, 1.54) is 0 Å². The van der Waals surface area contributed by atoms with E-state index >= 15 is 0 Å². The molecule has 0 aliphatic rings. The molecule has 8 heavy (non-hydrogen) atoms. The van der Waals surface area contributed by atoms with Gasteiger partial charge in [-0.25, -0.2) is 0 Å². The standard InChI is InChI=1S/C6H6.FH.H2O/c1-2-4-6-5-3-1;;/h1-6H;1H;1H2. The number of halogens is 1. The van der Waals surface area contributed by atoms with E-state index in [0.717, 1.165) is 0 Å². The van der Waals surface area contributed by atoms with Crippen molar-refractivity contribution in [2.24, 2.45) is 0 Å². The molecule has 1 aromatic carbocycles. The third kappa shape index (κ3) is 3.31. The van der Waals surface area contributed by atoms with Gasteiger partial charge in [-0.05, 0) is 0 Å². The van der Waals surface area contributed by atoms with Crippen LogP contribution >= 0.6 is 0 Å². The van der Waals surface area contributed by atoms with E-state index in [2.05, 4.69) is 0 Å².